The molecule has 2 heterocycles. The highest BCUT2D eigenvalue weighted by atomic mass is 32.2. The first-order valence-electron chi connectivity index (χ1n) is 7.20. The van der Waals surface area contributed by atoms with Gasteiger partial charge in [0.25, 0.3) is 10.0 Å². The number of ether oxygens (including phenoxy) is 3. The maximum absolute atomic E-state index is 12.4. The Labute approximate surface area is 153 Å². The van der Waals surface area contributed by atoms with Crippen LogP contribution < -0.4 is 24.2 Å². The Morgan fingerprint density at radius 1 is 1.19 bits per heavy atom. The molecule has 2 aromatic heterocycles. The molecule has 2 aromatic rings. The smallest absolute Gasteiger partial charge is 0.335 e. The van der Waals surface area contributed by atoms with Crippen LogP contribution in [0.25, 0.3) is 0 Å². The fourth-order valence-corrected chi connectivity index (χ4v) is 3.90. The van der Waals surface area contributed by atoms with Gasteiger partial charge in [-0.3, -0.25) is 5.32 Å². The highest BCUT2D eigenvalue weighted by Gasteiger charge is 2.27. The minimum atomic E-state index is -4.25. The fourth-order valence-electron chi connectivity index (χ4n) is 1.75. The number of nitrogens with zero attached hydrogens (tertiary/aromatic N) is 3. The van der Waals surface area contributed by atoms with Crippen LogP contribution in [0, 0.1) is 6.92 Å². The Morgan fingerprint density at radius 3 is 2.35 bits per heavy atom. The molecule has 0 unspecified atom stereocenters. The van der Waals surface area contributed by atoms with Crippen molar-refractivity contribution in [2.45, 2.75) is 18.9 Å². The van der Waals surface area contributed by atoms with Crippen molar-refractivity contribution in [3.8, 4) is 16.8 Å². The maximum Gasteiger partial charge on any atom is 0.335 e. The Bertz CT molecular complexity index is 876. The molecule has 142 valence electrons. The van der Waals surface area contributed by atoms with Crippen molar-refractivity contribution in [2.75, 3.05) is 26.1 Å². The van der Waals surface area contributed by atoms with Crippen molar-refractivity contribution in [1.82, 2.24) is 19.7 Å². The summed E-state index contributed by atoms with van der Waals surface area (Å²) in [6.07, 6.45) is 0. The third-order valence-corrected chi connectivity index (χ3v) is 5.01. The largest absolute Gasteiger partial charge is 0.482 e. The second-order valence-electron chi connectivity index (χ2n) is 4.59. The Balaban J connectivity index is 2.19. The molecule has 13 heteroatoms. The molecule has 0 saturated heterocycles. The van der Waals surface area contributed by atoms with Gasteiger partial charge in [-0.2, -0.15) is 18.4 Å². The molecule has 0 aromatic carbocycles. The average Bonchev–Trinajstić information content (AvgIpc) is 2.95. The van der Waals surface area contributed by atoms with Gasteiger partial charge in [0.15, 0.2) is 0 Å². The van der Waals surface area contributed by atoms with E-state index < -0.39 is 16.1 Å². The number of nitrogens with one attached hydrogen (secondary N) is 2. The van der Waals surface area contributed by atoms with E-state index in [-0.39, 0.29) is 34.4 Å². The number of rotatable bonds is 7. The lowest BCUT2D eigenvalue weighted by Gasteiger charge is -2.09. The van der Waals surface area contributed by atoms with Crippen LogP contribution in [0.15, 0.2) is 11.1 Å². The zero-order chi connectivity index (χ0) is 19.3. The van der Waals surface area contributed by atoms with Crippen LogP contribution in [0.5, 0.6) is 16.8 Å². The lowest BCUT2D eigenvalue weighted by Crippen LogP contribution is -2.35. The number of hydrogen-bond acceptors (Lipinski definition) is 10. The number of carbonyl (C=O) groups excluding carboxylic acids is 1. The number of aromatic nitrogens is 3. The molecule has 0 saturated carbocycles. The molecule has 0 aliphatic carbocycles. The number of aryl methyl sites for hydroxylation is 1. The van der Waals surface area contributed by atoms with E-state index in [0.717, 1.165) is 11.3 Å². The third-order valence-electron chi connectivity index (χ3n) is 2.75. The quantitative estimate of drug-likeness (QED) is 0.696. The second kappa shape index (κ2) is 8.14. The first-order valence-corrected chi connectivity index (χ1v) is 9.50. The van der Waals surface area contributed by atoms with E-state index in [4.69, 9.17) is 14.2 Å². The summed E-state index contributed by atoms with van der Waals surface area (Å²) >= 11 is 1.06. The van der Waals surface area contributed by atoms with Gasteiger partial charge in [-0.1, -0.05) is 11.3 Å². The molecule has 0 aliphatic heterocycles. The molecule has 0 bridgehead atoms. The molecule has 0 spiro atoms. The number of carbonyl (C=O) groups is 1. The first kappa shape index (κ1) is 19.7. The van der Waals surface area contributed by atoms with Gasteiger partial charge in [0.1, 0.15) is 0 Å². The molecular formula is C13H17N5O6S2. The number of sulfonamides is 1. The first-order chi connectivity index (χ1) is 12.3. The van der Waals surface area contributed by atoms with Crippen molar-refractivity contribution < 1.29 is 27.4 Å². The fraction of sp³-hybridized carbons (Fsp3) is 0.385. The van der Waals surface area contributed by atoms with E-state index in [1.807, 2.05) is 4.72 Å². The van der Waals surface area contributed by atoms with Crippen molar-refractivity contribution in [2.24, 2.45) is 0 Å². The van der Waals surface area contributed by atoms with Gasteiger partial charge in [-0.15, -0.1) is 0 Å². The SMILES string of the molecule is CCOc1sc(C)nc1S(=O)(=O)NC(=O)Nc1nc(OC)cc(OC)n1. The summed E-state index contributed by atoms with van der Waals surface area (Å²) in [5.74, 6) is 0.0564. The summed E-state index contributed by atoms with van der Waals surface area (Å²) < 4.78 is 41.8. The second-order valence-corrected chi connectivity index (χ2v) is 7.36. The van der Waals surface area contributed by atoms with E-state index in [9.17, 15) is 13.2 Å². The Kier molecular flexibility index (Phi) is 6.15. The van der Waals surface area contributed by atoms with E-state index >= 15 is 0 Å². The van der Waals surface area contributed by atoms with E-state index in [1.165, 1.54) is 20.3 Å². The maximum atomic E-state index is 12.4. The van der Waals surface area contributed by atoms with Crippen molar-refractivity contribution in [1.29, 1.82) is 0 Å². The monoisotopic (exact) mass is 403 g/mol. The highest BCUT2D eigenvalue weighted by molar-refractivity contribution is 7.90. The standard InChI is InChI=1S/C13H17N5O6S2/c1-5-24-11-10(14-7(2)25-11)26(20,21)18-13(19)17-12-15-8(22-3)6-9(16-12)23-4/h6H,5H2,1-4H3,(H2,15,16,17,18,19). The van der Waals surface area contributed by atoms with E-state index in [2.05, 4.69) is 20.3 Å². The molecule has 2 rings (SSSR count). The highest BCUT2D eigenvalue weighted by Crippen LogP contribution is 2.30. The van der Waals surface area contributed by atoms with Crippen LogP contribution in [-0.2, 0) is 10.0 Å². The zero-order valence-corrected chi connectivity index (χ0v) is 16.0. The van der Waals surface area contributed by atoms with Gasteiger partial charge in [0.05, 0.1) is 31.9 Å². The van der Waals surface area contributed by atoms with Gasteiger partial charge >= 0.3 is 6.03 Å². The Hall–Kier alpha value is -2.67. The molecular weight excluding hydrogens is 386 g/mol. The summed E-state index contributed by atoms with van der Waals surface area (Å²) in [5.41, 5.74) is 0. The molecule has 0 radical (unpaired) electrons. The summed E-state index contributed by atoms with van der Waals surface area (Å²) in [5, 5.41) is 2.42. The van der Waals surface area contributed by atoms with Gasteiger partial charge in [-0.05, 0) is 13.8 Å². The molecule has 2 amide bonds. The van der Waals surface area contributed by atoms with Crippen molar-refractivity contribution in [3.05, 3.63) is 11.1 Å². The molecule has 0 fully saturated rings. The lowest BCUT2D eigenvalue weighted by molar-refractivity contribution is 0.256. The summed E-state index contributed by atoms with van der Waals surface area (Å²) in [7, 11) is -1.51. The number of amides is 2. The predicted octanol–water partition coefficient (Wildman–Crippen LogP) is 1.17. The minimum Gasteiger partial charge on any atom is -0.482 e. The number of urea groups is 1. The topological polar surface area (TPSA) is 142 Å². The number of methoxy groups -OCH3 is 2. The number of anilines is 1. The van der Waals surface area contributed by atoms with Crippen molar-refractivity contribution >= 4 is 33.3 Å². The van der Waals surface area contributed by atoms with Crippen LogP contribution in [-0.4, -0.2) is 50.2 Å². The summed E-state index contributed by atoms with van der Waals surface area (Å²) in [6, 6.07) is 0.320. The third kappa shape index (κ3) is 4.70. The molecule has 26 heavy (non-hydrogen) atoms. The number of hydrogen-bond donors (Lipinski definition) is 2. The summed E-state index contributed by atoms with van der Waals surface area (Å²) in [4.78, 5) is 23.7. The summed E-state index contributed by atoms with van der Waals surface area (Å²) in [6.45, 7) is 3.59. The molecule has 0 atom stereocenters. The number of thiazole rings is 1. The molecule has 11 nitrogen and oxygen atoms in total. The van der Waals surface area contributed by atoms with Crippen LogP contribution in [0.3, 0.4) is 0 Å². The predicted molar refractivity (Wildman–Crippen MR) is 92.5 cm³/mol. The van der Waals surface area contributed by atoms with Crippen molar-refractivity contribution in [3.63, 3.8) is 0 Å². The average molecular weight is 403 g/mol. The van der Waals surface area contributed by atoms with Gasteiger partial charge in [0.2, 0.25) is 27.8 Å². The molecule has 2 N–H and O–H groups in total. The van der Waals surface area contributed by atoms with E-state index in [1.54, 1.807) is 13.8 Å². The van der Waals surface area contributed by atoms with Gasteiger partial charge < -0.3 is 14.2 Å². The van der Waals surface area contributed by atoms with Gasteiger partial charge in [-0.25, -0.2) is 14.5 Å². The van der Waals surface area contributed by atoms with Gasteiger partial charge in [0, 0.05) is 0 Å². The normalized spacial score (nSPS) is 10.9. The Morgan fingerprint density at radius 2 is 1.81 bits per heavy atom. The van der Waals surface area contributed by atoms with Crippen LogP contribution in [0.4, 0.5) is 10.7 Å². The van der Waals surface area contributed by atoms with E-state index in [0.29, 0.717) is 5.01 Å². The lowest BCUT2D eigenvalue weighted by atomic mass is 10.6. The van der Waals surface area contributed by atoms with Crippen LogP contribution >= 0.6 is 11.3 Å². The molecule has 0 aliphatic rings. The zero-order valence-electron chi connectivity index (χ0n) is 14.4. The van der Waals surface area contributed by atoms with Crippen LogP contribution in [0.2, 0.25) is 0 Å². The minimum absolute atomic E-state index is 0.101. The van der Waals surface area contributed by atoms with Crippen LogP contribution in [0.1, 0.15) is 11.9 Å².